The summed E-state index contributed by atoms with van der Waals surface area (Å²) in [6.45, 7) is 3.85. The van der Waals surface area contributed by atoms with Crippen LogP contribution in [0.15, 0.2) is 29.6 Å². The first-order chi connectivity index (χ1) is 12.5. The maximum atomic E-state index is 13.9. The van der Waals surface area contributed by atoms with E-state index >= 15 is 0 Å². The molecule has 1 aromatic carbocycles. The Morgan fingerprint density at radius 2 is 2.04 bits per heavy atom. The van der Waals surface area contributed by atoms with Crippen molar-refractivity contribution in [1.29, 1.82) is 0 Å². The summed E-state index contributed by atoms with van der Waals surface area (Å²) in [5.41, 5.74) is 1.16. The highest BCUT2D eigenvalue weighted by atomic mass is 32.1. The van der Waals surface area contributed by atoms with Gasteiger partial charge in [0.05, 0.1) is 11.3 Å². The molecule has 0 fully saturated rings. The summed E-state index contributed by atoms with van der Waals surface area (Å²) in [6.07, 6.45) is 0.473. The van der Waals surface area contributed by atoms with Crippen molar-refractivity contribution >= 4 is 28.1 Å². The third-order valence-corrected chi connectivity index (χ3v) is 4.42. The van der Waals surface area contributed by atoms with E-state index in [9.17, 15) is 14.0 Å². The van der Waals surface area contributed by atoms with E-state index in [0.717, 1.165) is 5.69 Å². The quantitative estimate of drug-likeness (QED) is 0.666. The van der Waals surface area contributed by atoms with Crippen LogP contribution in [0.5, 0.6) is 0 Å². The van der Waals surface area contributed by atoms with Crippen LogP contribution in [-0.2, 0) is 16.0 Å². The zero-order valence-electron chi connectivity index (χ0n) is 14.3. The summed E-state index contributed by atoms with van der Waals surface area (Å²) in [4.78, 5) is 28.3. The van der Waals surface area contributed by atoms with Gasteiger partial charge in [-0.05, 0) is 26.0 Å². The Morgan fingerprint density at radius 3 is 2.77 bits per heavy atom. The van der Waals surface area contributed by atoms with Crippen LogP contribution in [0.3, 0.4) is 0 Å². The van der Waals surface area contributed by atoms with Crippen LogP contribution >= 0.6 is 11.3 Å². The summed E-state index contributed by atoms with van der Waals surface area (Å²) in [7, 11) is 0. The lowest BCUT2D eigenvalue weighted by atomic mass is 10.2. The minimum Gasteiger partial charge on any atom is -0.347 e. The number of rotatable bonds is 5. The van der Waals surface area contributed by atoms with Gasteiger partial charge in [0.2, 0.25) is 4.96 Å². The van der Waals surface area contributed by atoms with Crippen LogP contribution in [-0.4, -0.2) is 39.0 Å². The first kappa shape index (κ1) is 18.0. The molecule has 2 N–H and O–H groups in total. The van der Waals surface area contributed by atoms with Crippen LogP contribution in [0.2, 0.25) is 0 Å². The maximum absolute atomic E-state index is 13.9. The standard InChI is InChI=1S/C17H18FN5O2S/c1-10(2)20-16(25)15(24)19-8-7-11-9-26-17-21-14(22-23(11)17)12-5-3-4-6-13(12)18/h3-6,9-10H,7-8H2,1-2H3,(H,19,24)(H,20,25). The first-order valence-corrected chi connectivity index (χ1v) is 9.00. The Morgan fingerprint density at radius 1 is 1.27 bits per heavy atom. The minimum atomic E-state index is -0.671. The summed E-state index contributed by atoms with van der Waals surface area (Å²) in [6, 6.07) is 6.23. The number of thiazole rings is 1. The first-order valence-electron chi connectivity index (χ1n) is 8.12. The van der Waals surface area contributed by atoms with Gasteiger partial charge in [0.25, 0.3) is 0 Å². The normalized spacial score (nSPS) is 11.1. The lowest BCUT2D eigenvalue weighted by molar-refractivity contribution is -0.139. The second-order valence-electron chi connectivity index (χ2n) is 5.97. The molecule has 0 bridgehead atoms. The van der Waals surface area contributed by atoms with Crippen LogP contribution in [0.25, 0.3) is 16.3 Å². The summed E-state index contributed by atoms with van der Waals surface area (Å²) >= 11 is 1.38. The number of fused-ring (bicyclic) bond motifs is 1. The van der Waals surface area contributed by atoms with Crippen molar-refractivity contribution in [3.63, 3.8) is 0 Å². The molecular formula is C17H18FN5O2S. The third-order valence-electron chi connectivity index (χ3n) is 3.56. The molecule has 0 unspecified atom stereocenters. The average molecular weight is 375 g/mol. The Hall–Kier alpha value is -2.81. The molecule has 0 aliphatic rings. The Kier molecular flexibility index (Phi) is 5.27. The van der Waals surface area contributed by atoms with Gasteiger partial charge in [-0.15, -0.1) is 16.4 Å². The number of carbonyl (C=O) groups excluding carboxylic acids is 2. The van der Waals surface area contributed by atoms with E-state index < -0.39 is 11.8 Å². The topological polar surface area (TPSA) is 88.4 Å². The monoisotopic (exact) mass is 375 g/mol. The van der Waals surface area contributed by atoms with E-state index in [1.807, 2.05) is 5.38 Å². The molecular weight excluding hydrogens is 357 g/mol. The highest BCUT2D eigenvalue weighted by molar-refractivity contribution is 7.15. The highest BCUT2D eigenvalue weighted by Gasteiger charge is 2.16. The van der Waals surface area contributed by atoms with E-state index in [1.54, 1.807) is 36.6 Å². The molecule has 3 aromatic rings. The van der Waals surface area contributed by atoms with Crippen LogP contribution in [0.1, 0.15) is 19.5 Å². The molecule has 0 radical (unpaired) electrons. The summed E-state index contributed by atoms with van der Waals surface area (Å²) in [5, 5.41) is 11.3. The Labute approximate surface area is 153 Å². The van der Waals surface area contributed by atoms with Gasteiger partial charge in [0.15, 0.2) is 5.82 Å². The van der Waals surface area contributed by atoms with E-state index in [0.29, 0.717) is 22.8 Å². The second-order valence-corrected chi connectivity index (χ2v) is 6.81. The number of carbonyl (C=O) groups is 2. The average Bonchev–Trinajstić information content (AvgIpc) is 3.16. The largest absolute Gasteiger partial charge is 0.347 e. The minimum absolute atomic E-state index is 0.100. The van der Waals surface area contributed by atoms with E-state index in [2.05, 4.69) is 20.7 Å². The van der Waals surface area contributed by atoms with Crippen LogP contribution in [0.4, 0.5) is 4.39 Å². The third kappa shape index (κ3) is 3.88. The number of aromatic nitrogens is 3. The predicted molar refractivity (Wildman–Crippen MR) is 96.3 cm³/mol. The van der Waals surface area contributed by atoms with Crippen molar-refractivity contribution in [2.24, 2.45) is 0 Å². The molecule has 0 saturated heterocycles. The number of halogens is 1. The SMILES string of the molecule is CC(C)NC(=O)C(=O)NCCc1csc2nc(-c3ccccc3F)nn12. The number of hydrogen-bond acceptors (Lipinski definition) is 5. The summed E-state index contributed by atoms with van der Waals surface area (Å²) in [5.74, 6) is -1.39. The predicted octanol–water partition coefficient (Wildman–Crippen LogP) is 1.78. The van der Waals surface area contributed by atoms with Crippen molar-refractivity contribution < 1.29 is 14.0 Å². The summed E-state index contributed by atoms with van der Waals surface area (Å²) < 4.78 is 15.5. The number of benzene rings is 1. The molecule has 2 amide bonds. The number of nitrogens with zero attached hydrogens (tertiary/aromatic N) is 3. The zero-order valence-corrected chi connectivity index (χ0v) is 15.1. The molecule has 0 atom stereocenters. The van der Waals surface area contributed by atoms with Crippen LogP contribution < -0.4 is 10.6 Å². The Bertz CT molecular complexity index is 950. The zero-order chi connectivity index (χ0) is 18.7. The molecule has 0 saturated carbocycles. The van der Waals surface area contributed by atoms with E-state index in [1.165, 1.54) is 17.4 Å². The van der Waals surface area contributed by atoms with Gasteiger partial charge in [0.1, 0.15) is 5.82 Å². The van der Waals surface area contributed by atoms with Gasteiger partial charge in [-0.3, -0.25) is 9.59 Å². The fourth-order valence-electron chi connectivity index (χ4n) is 2.37. The Balaban J connectivity index is 1.67. The number of hydrogen-bond donors (Lipinski definition) is 2. The number of nitrogens with one attached hydrogen (secondary N) is 2. The molecule has 0 aliphatic heterocycles. The van der Waals surface area contributed by atoms with Crippen molar-refractivity contribution in [2.75, 3.05) is 6.54 Å². The molecule has 2 heterocycles. The smallest absolute Gasteiger partial charge is 0.309 e. The lowest BCUT2D eigenvalue weighted by Crippen LogP contribution is -2.43. The van der Waals surface area contributed by atoms with Gasteiger partial charge in [0, 0.05) is 24.4 Å². The van der Waals surface area contributed by atoms with E-state index in [-0.39, 0.29) is 18.4 Å². The molecule has 3 rings (SSSR count). The van der Waals surface area contributed by atoms with Crippen molar-refractivity contribution in [1.82, 2.24) is 25.2 Å². The van der Waals surface area contributed by atoms with Gasteiger partial charge < -0.3 is 10.6 Å². The van der Waals surface area contributed by atoms with E-state index in [4.69, 9.17) is 0 Å². The molecule has 2 aromatic heterocycles. The highest BCUT2D eigenvalue weighted by Crippen LogP contribution is 2.23. The van der Waals surface area contributed by atoms with Gasteiger partial charge in [-0.1, -0.05) is 12.1 Å². The van der Waals surface area contributed by atoms with Crippen molar-refractivity contribution in [3.05, 3.63) is 41.2 Å². The number of amides is 2. The maximum Gasteiger partial charge on any atom is 0.309 e. The lowest BCUT2D eigenvalue weighted by Gasteiger charge is -2.08. The molecule has 0 aliphatic carbocycles. The van der Waals surface area contributed by atoms with Gasteiger partial charge in [-0.25, -0.2) is 8.91 Å². The van der Waals surface area contributed by atoms with Gasteiger partial charge >= 0.3 is 11.8 Å². The molecule has 136 valence electrons. The van der Waals surface area contributed by atoms with Crippen LogP contribution in [0, 0.1) is 5.82 Å². The fraction of sp³-hybridized carbons (Fsp3) is 0.294. The molecule has 0 spiro atoms. The molecule has 9 heteroatoms. The second kappa shape index (κ2) is 7.61. The van der Waals surface area contributed by atoms with Crippen molar-refractivity contribution in [2.45, 2.75) is 26.3 Å². The van der Waals surface area contributed by atoms with Gasteiger partial charge in [-0.2, -0.15) is 4.98 Å². The fourth-order valence-corrected chi connectivity index (χ4v) is 3.22. The molecule has 7 nitrogen and oxygen atoms in total. The molecule has 26 heavy (non-hydrogen) atoms. The van der Waals surface area contributed by atoms with Crippen molar-refractivity contribution in [3.8, 4) is 11.4 Å².